The summed E-state index contributed by atoms with van der Waals surface area (Å²) in [6, 6.07) is 12.7. The molecular weight excluding hydrogens is 492 g/mol. The largest absolute Gasteiger partial charge is 0.339 e. The van der Waals surface area contributed by atoms with Crippen molar-refractivity contribution >= 4 is 17.8 Å². The number of fused-ring (bicyclic) bond motifs is 6. The first-order chi connectivity index (χ1) is 19.3. The average Bonchev–Trinajstić information content (AvgIpc) is 3.64. The predicted octanol–water partition coefficient (Wildman–Crippen LogP) is 2.42. The Morgan fingerprint density at radius 3 is 2.56 bits per heavy atom. The summed E-state index contributed by atoms with van der Waals surface area (Å²) in [6.45, 7) is 2.94. The molecule has 2 aromatic heterocycles. The van der Waals surface area contributed by atoms with Gasteiger partial charge in [0.05, 0.1) is 0 Å². The third-order valence-electron chi connectivity index (χ3n) is 8.76. The SMILES string of the molecule is O=C(CCCc1nnc2n1C1CCCCC1C1NC(c3ccccc3)NN21)N1CCN(c2ncccn2)CC1. The molecule has 4 atom stereocenters. The minimum absolute atomic E-state index is 0.0528. The smallest absolute Gasteiger partial charge is 0.243 e. The molecule has 3 aliphatic heterocycles. The van der Waals surface area contributed by atoms with Gasteiger partial charge in [0.25, 0.3) is 0 Å². The lowest BCUT2D eigenvalue weighted by Crippen LogP contribution is -2.53. The van der Waals surface area contributed by atoms with E-state index in [4.69, 9.17) is 0 Å². The molecule has 4 aliphatic rings. The first-order valence-electron chi connectivity index (χ1n) is 14.4. The van der Waals surface area contributed by atoms with E-state index in [1.165, 1.54) is 24.8 Å². The zero-order valence-corrected chi connectivity index (χ0v) is 22.2. The monoisotopic (exact) mass is 528 g/mol. The number of carbonyl (C=O) groups excluding carboxylic acids is 1. The highest BCUT2D eigenvalue weighted by atomic mass is 16.2. The number of aryl methyl sites for hydroxylation is 1. The summed E-state index contributed by atoms with van der Waals surface area (Å²) in [5.74, 6) is 3.35. The number of rotatable bonds is 6. The van der Waals surface area contributed by atoms with E-state index in [2.05, 4.69) is 75.7 Å². The lowest BCUT2D eigenvalue weighted by Gasteiger charge is -2.44. The molecule has 1 amide bonds. The van der Waals surface area contributed by atoms with Crippen molar-refractivity contribution in [1.82, 2.24) is 40.4 Å². The Kier molecular flexibility index (Phi) is 6.61. The van der Waals surface area contributed by atoms with E-state index in [0.29, 0.717) is 31.5 Å². The molecule has 1 saturated carbocycles. The van der Waals surface area contributed by atoms with Crippen LogP contribution in [0.3, 0.4) is 0 Å². The molecule has 204 valence electrons. The van der Waals surface area contributed by atoms with Gasteiger partial charge in [0.1, 0.15) is 18.2 Å². The van der Waals surface area contributed by atoms with Crippen molar-refractivity contribution in [3.63, 3.8) is 0 Å². The maximum Gasteiger partial charge on any atom is 0.243 e. The zero-order valence-electron chi connectivity index (χ0n) is 22.2. The predicted molar refractivity (Wildman–Crippen MR) is 147 cm³/mol. The molecule has 5 heterocycles. The second kappa shape index (κ2) is 10.5. The Balaban J connectivity index is 1.00. The molecule has 1 aromatic carbocycles. The quantitative estimate of drug-likeness (QED) is 0.499. The fourth-order valence-electron chi connectivity index (χ4n) is 6.80. The van der Waals surface area contributed by atoms with Crippen molar-refractivity contribution in [1.29, 1.82) is 0 Å². The van der Waals surface area contributed by atoms with E-state index in [1.807, 2.05) is 11.0 Å². The van der Waals surface area contributed by atoms with Gasteiger partial charge in [-0.05, 0) is 30.9 Å². The molecule has 2 saturated heterocycles. The number of carbonyl (C=O) groups is 1. The van der Waals surface area contributed by atoms with Gasteiger partial charge in [0.2, 0.25) is 17.8 Å². The van der Waals surface area contributed by atoms with E-state index in [9.17, 15) is 4.79 Å². The number of piperazine rings is 1. The summed E-state index contributed by atoms with van der Waals surface area (Å²) in [5, 5.41) is 15.4. The molecule has 7 rings (SSSR count). The fourth-order valence-corrected chi connectivity index (χ4v) is 6.80. The highest BCUT2D eigenvalue weighted by molar-refractivity contribution is 5.76. The highest BCUT2D eigenvalue weighted by Gasteiger charge is 2.48. The summed E-state index contributed by atoms with van der Waals surface area (Å²) in [4.78, 5) is 25.8. The topological polar surface area (TPSA) is 107 Å². The van der Waals surface area contributed by atoms with Crippen molar-refractivity contribution in [3.8, 4) is 0 Å². The van der Waals surface area contributed by atoms with Crippen molar-refractivity contribution in [2.45, 2.75) is 63.3 Å². The number of hydrogen-bond acceptors (Lipinski definition) is 9. The normalized spacial score (nSPS) is 26.2. The Hall–Kier alpha value is -3.57. The standard InChI is InChI=1S/C28H36N10O/c39-24(35-16-18-36(19-17-35)27-29-14-7-15-30-27)13-6-12-23-32-33-28-37(23)22-11-5-4-10-21(22)26-31-25(34-38(26)28)20-8-2-1-3-9-20/h1-3,7-9,14-15,21-22,25-26,31,34H,4-6,10-13,16-19H2. The Labute approximate surface area is 228 Å². The molecule has 11 nitrogen and oxygen atoms in total. The van der Waals surface area contributed by atoms with Gasteiger partial charge in [0, 0.05) is 63.4 Å². The van der Waals surface area contributed by atoms with Gasteiger partial charge in [-0.25, -0.2) is 15.4 Å². The van der Waals surface area contributed by atoms with E-state index in [1.54, 1.807) is 12.4 Å². The average molecular weight is 529 g/mol. The van der Waals surface area contributed by atoms with Crippen molar-refractivity contribution in [2.75, 3.05) is 36.1 Å². The van der Waals surface area contributed by atoms with Crippen LogP contribution in [-0.4, -0.2) is 67.9 Å². The fraction of sp³-hybridized carbons (Fsp3) is 0.536. The molecule has 3 fully saturated rings. The van der Waals surface area contributed by atoms with E-state index in [0.717, 1.165) is 50.1 Å². The van der Waals surface area contributed by atoms with Crippen molar-refractivity contribution in [3.05, 3.63) is 60.2 Å². The molecule has 11 heteroatoms. The molecule has 0 bridgehead atoms. The van der Waals surface area contributed by atoms with Gasteiger partial charge in [-0.2, -0.15) is 0 Å². The molecule has 39 heavy (non-hydrogen) atoms. The number of amides is 1. The Morgan fingerprint density at radius 1 is 0.949 bits per heavy atom. The van der Waals surface area contributed by atoms with Gasteiger partial charge >= 0.3 is 0 Å². The number of anilines is 2. The highest BCUT2D eigenvalue weighted by Crippen LogP contribution is 2.45. The zero-order chi connectivity index (χ0) is 26.2. The minimum Gasteiger partial charge on any atom is -0.339 e. The summed E-state index contributed by atoms with van der Waals surface area (Å²) in [5.41, 5.74) is 4.89. The Morgan fingerprint density at radius 2 is 1.74 bits per heavy atom. The summed E-state index contributed by atoms with van der Waals surface area (Å²) in [6.07, 6.45) is 10.7. The molecule has 2 N–H and O–H groups in total. The van der Waals surface area contributed by atoms with Crippen LogP contribution in [0.15, 0.2) is 48.8 Å². The van der Waals surface area contributed by atoms with Crippen LogP contribution in [0, 0.1) is 5.92 Å². The van der Waals surface area contributed by atoms with Gasteiger partial charge < -0.3 is 9.80 Å². The molecule has 3 aromatic rings. The van der Waals surface area contributed by atoms with Crippen LogP contribution in [-0.2, 0) is 11.2 Å². The third kappa shape index (κ3) is 4.63. The number of aromatic nitrogens is 5. The van der Waals surface area contributed by atoms with Crippen molar-refractivity contribution in [2.24, 2.45) is 5.92 Å². The number of nitrogens with zero attached hydrogens (tertiary/aromatic N) is 8. The number of hydrazine groups is 1. The number of hydrogen-bond donors (Lipinski definition) is 2. The maximum absolute atomic E-state index is 13.0. The van der Waals surface area contributed by atoms with Crippen LogP contribution in [0.2, 0.25) is 0 Å². The van der Waals surface area contributed by atoms with Crippen LogP contribution in [0.5, 0.6) is 0 Å². The van der Waals surface area contributed by atoms with Gasteiger partial charge in [-0.3, -0.25) is 19.7 Å². The number of nitrogens with one attached hydrogen (secondary N) is 2. The lowest BCUT2D eigenvalue weighted by molar-refractivity contribution is -0.131. The van der Waals surface area contributed by atoms with Gasteiger partial charge in [-0.1, -0.05) is 43.2 Å². The third-order valence-corrected chi connectivity index (χ3v) is 8.76. The van der Waals surface area contributed by atoms with Crippen LogP contribution < -0.4 is 20.7 Å². The van der Waals surface area contributed by atoms with Crippen LogP contribution >= 0.6 is 0 Å². The van der Waals surface area contributed by atoms with E-state index >= 15 is 0 Å². The second-order valence-electron chi connectivity index (χ2n) is 11.0. The lowest BCUT2D eigenvalue weighted by atomic mass is 9.81. The molecule has 0 spiro atoms. The molecular formula is C28H36N10O. The van der Waals surface area contributed by atoms with E-state index in [-0.39, 0.29) is 18.2 Å². The summed E-state index contributed by atoms with van der Waals surface area (Å²) in [7, 11) is 0. The molecule has 1 aliphatic carbocycles. The summed E-state index contributed by atoms with van der Waals surface area (Å²) < 4.78 is 2.38. The second-order valence-corrected chi connectivity index (χ2v) is 11.0. The van der Waals surface area contributed by atoms with Gasteiger partial charge in [-0.15, -0.1) is 10.2 Å². The minimum atomic E-state index is 0.0528. The molecule has 0 radical (unpaired) electrons. The van der Waals surface area contributed by atoms with Crippen LogP contribution in [0.4, 0.5) is 11.9 Å². The van der Waals surface area contributed by atoms with Crippen LogP contribution in [0.25, 0.3) is 0 Å². The first-order valence-corrected chi connectivity index (χ1v) is 14.4. The van der Waals surface area contributed by atoms with Gasteiger partial charge in [0.15, 0.2) is 0 Å². The van der Waals surface area contributed by atoms with Crippen LogP contribution in [0.1, 0.15) is 62.1 Å². The molecule has 4 unspecified atom stereocenters. The van der Waals surface area contributed by atoms with E-state index < -0.39 is 0 Å². The van der Waals surface area contributed by atoms with Crippen molar-refractivity contribution < 1.29 is 4.79 Å². The maximum atomic E-state index is 13.0. The summed E-state index contributed by atoms with van der Waals surface area (Å²) >= 11 is 0. The Bertz CT molecular complexity index is 1280. The number of benzene rings is 1. The first kappa shape index (κ1) is 24.5.